The van der Waals surface area contributed by atoms with Crippen LogP contribution < -0.4 is 20.1 Å². The molecule has 3 aromatic rings. The fraction of sp³-hybridized carbons (Fsp3) is 0.217. The molecule has 1 heterocycles. The SMILES string of the molecule is CN=C(NCc1ccnc(OCc2ccccc2)c1)NCc1ccccc1OC. The summed E-state index contributed by atoms with van der Waals surface area (Å²) in [5.41, 5.74) is 3.24. The number of nitrogens with one attached hydrogen (secondary N) is 2. The Morgan fingerprint density at radius 2 is 1.69 bits per heavy atom. The number of para-hydroxylation sites is 1. The predicted octanol–water partition coefficient (Wildman–Crippen LogP) is 3.53. The summed E-state index contributed by atoms with van der Waals surface area (Å²) in [4.78, 5) is 8.57. The Morgan fingerprint density at radius 1 is 0.931 bits per heavy atom. The first-order chi connectivity index (χ1) is 14.3. The van der Waals surface area contributed by atoms with Crippen molar-refractivity contribution in [1.29, 1.82) is 0 Å². The molecule has 0 aliphatic rings. The molecule has 6 heteroatoms. The molecule has 0 aliphatic carbocycles. The van der Waals surface area contributed by atoms with Crippen molar-refractivity contribution in [1.82, 2.24) is 15.6 Å². The highest BCUT2D eigenvalue weighted by atomic mass is 16.5. The quantitative estimate of drug-likeness (QED) is 0.455. The van der Waals surface area contributed by atoms with Crippen LogP contribution >= 0.6 is 0 Å². The Balaban J connectivity index is 1.51. The van der Waals surface area contributed by atoms with Gasteiger partial charge < -0.3 is 20.1 Å². The molecule has 0 unspecified atom stereocenters. The number of pyridine rings is 1. The standard InChI is InChI=1S/C23H26N4O2/c1-24-23(27-16-20-10-6-7-11-21(20)28-2)26-15-19-12-13-25-22(14-19)29-17-18-8-4-3-5-9-18/h3-14H,15-17H2,1-2H3,(H2,24,26,27). The lowest BCUT2D eigenvalue weighted by molar-refractivity contribution is 0.293. The van der Waals surface area contributed by atoms with Crippen molar-refractivity contribution < 1.29 is 9.47 Å². The zero-order valence-electron chi connectivity index (χ0n) is 16.8. The largest absolute Gasteiger partial charge is 0.496 e. The summed E-state index contributed by atoms with van der Waals surface area (Å²) in [7, 11) is 3.42. The molecule has 0 atom stereocenters. The number of nitrogens with zero attached hydrogens (tertiary/aromatic N) is 2. The first-order valence-corrected chi connectivity index (χ1v) is 9.46. The van der Waals surface area contributed by atoms with Gasteiger partial charge in [-0.05, 0) is 23.3 Å². The fourth-order valence-corrected chi connectivity index (χ4v) is 2.81. The molecule has 0 fully saturated rings. The van der Waals surface area contributed by atoms with Crippen LogP contribution in [0.15, 0.2) is 77.9 Å². The molecule has 0 aliphatic heterocycles. The average Bonchev–Trinajstić information content (AvgIpc) is 2.79. The number of benzene rings is 2. The molecular weight excluding hydrogens is 364 g/mol. The minimum absolute atomic E-state index is 0.493. The third kappa shape index (κ3) is 6.24. The lowest BCUT2D eigenvalue weighted by atomic mass is 10.2. The highest BCUT2D eigenvalue weighted by molar-refractivity contribution is 5.79. The van der Waals surface area contributed by atoms with Gasteiger partial charge >= 0.3 is 0 Å². The maximum absolute atomic E-state index is 5.80. The van der Waals surface area contributed by atoms with Gasteiger partial charge in [0.1, 0.15) is 12.4 Å². The second-order valence-corrected chi connectivity index (χ2v) is 6.37. The molecular formula is C23H26N4O2. The van der Waals surface area contributed by atoms with Gasteiger partial charge in [-0.15, -0.1) is 0 Å². The summed E-state index contributed by atoms with van der Waals surface area (Å²) in [5.74, 6) is 2.16. The van der Waals surface area contributed by atoms with Crippen LogP contribution in [0, 0.1) is 0 Å². The summed E-state index contributed by atoms with van der Waals surface area (Å²) >= 11 is 0. The minimum atomic E-state index is 0.493. The number of ether oxygens (including phenoxy) is 2. The monoisotopic (exact) mass is 390 g/mol. The van der Waals surface area contributed by atoms with Crippen molar-refractivity contribution in [3.63, 3.8) is 0 Å². The summed E-state index contributed by atoms with van der Waals surface area (Å²) in [6.07, 6.45) is 1.75. The number of aromatic nitrogens is 1. The fourth-order valence-electron chi connectivity index (χ4n) is 2.81. The van der Waals surface area contributed by atoms with Crippen molar-refractivity contribution >= 4 is 5.96 Å². The van der Waals surface area contributed by atoms with Crippen LogP contribution in [0.3, 0.4) is 0 Å². The van der Waals surface area contributed by atoms with Gasteiger partial charge in [-0.1, -0.05) is 48.5 Å². The minimum Gasteiger partial charge on any atom is -0.496 e. The second kappa shape index (κ2) is 10.7. The second-order valence-electron chi connectivity index (χ2n) is 6.37. The van der Waals surface area contributed by atoms with E-state index in [2.05, 4.69) is 20.6 Å². The molecule has 150 valence electrons. The molecule has 6 nitrogen and oxygen atoms in total. The normalized spacial score (nSPS) is 11.0. The van der Waals surface area contributed by atoms with Crippen molar-refractivity contribution in [3.05, 3.63) is 89.6 Å². The summed E-state index contributed by atoms with van der Waals surface area (Å²) < 4.78 is 11.2. The summed E-state index contributed by atoms with van der Waals surface area (Å²) in [6, 6.07) is 21.8. The number of hydrogen-bond acceptors (Lipinski definition) is 4. The average molecular weight is 390 g/mol. The molecule has 0 bridgehead atoms. The molecule has 1 aromatic heterocycles. The number of methoxy groups -OCH3 is 1. The van der Waals surface area contributed by atoms with Crippen LogP contribution in [0.4, 0.5) is 0 Å². The van der Waals surface area contributed by atoms with E-state index in [0.717, 1.165) is 22.4 Å². The van der Waals surface area contributed by atoms with Gasteiger partial charge in [0.15, 0.2) is 5.96 Å². The number of guanidine groups is 1. The van der Waals surface area contributed by atoms with Gasteiger partial charge in [0.2, 0.25) is 5.88 Å². The van der Waals surface area contributed by atoms with Crippen molar-refractivity contribution in [2.75, 3.05) is 14.2 Å². The van der Waals surface area contributed by atoms with E-state index in [1.54, 1.807) is 20.4 Å². The molecule has 2 N–H and O–H groups in total. The highest BCUT2D eigenvalue weighted by Gasteiger charge is 2.05. The highest BCUT2D eigenvalue weighted by Crippen LogP contribution is 2.16. The zero-order chi connectivity index (χ0) is 20.3. The third-order valence-electron chi connectivity index (χ3n) is 4.35. The Kier molecular flexibility index (Phi) is 7.46. The molecule has 0 spiro atoms. The van der Waals surface area contributed by atoms with Crippen LogP contribution in [-0.2, 0) is 19.7 Å². The van der Waals surface area contributed by atoms with E-state index in [9.17, 15) is 0 Å². The van der Waals surface area contributed by atoms with Gasteiger partial charge in [0.25, 0.3) is 0 Å². The first-order valence-electron chi connectivity index (χ1n) is 9.46. The van der Waals surface area contributed by atoms with E-state index in [-0.39, 0.29) is 0 Å². The summed E-state index contributed by atoms with van der Waals surface area (Å²) in [5, 5.41) is 6.61. The third-order valence-corrected chi connectivity index (χ3v) is 4.35. The molecule has 0 saturated heterocycles. The molecule has 0 saturated carbocycles. The Hall–Kier alpha value is -3.54. The van der Waals surface area contributed by atoms with E-state index < -0.39 is 0 Å². The molecule has 0 radical (unpaired) electrons. The van der Waals surface area contributed by atoms with E-state index in [1.165, 1.54) is 0 Å². The summed E-state index contributed by atoms with van der Waals surface area (Å²) in [6.45, 7) is 1.72. The van der Waals surface area contributed by atoms with Crippen LogP contribution in [0.1, 0.15) is 16.7 Å². The van der Waals surface area contributed by atoms with Crippen LogP contribution in [-0.4, -0.2) is 25.1 Å². The maximum atomic E-state index is 5.80. The van der Waals surface area contributed by atoms with Crippen molar-refractivity contribution in [2.45, 2.75) is 19.7 Å². The van der Waals surface area contributed by atoms with Crippen molar-refractivity contribution in [2.24, 2.45) is 4.99 Å². The zero-order valence-corrected chi connectivity index (χ0v) is 16.8. The lowest BCUT2D eigenvalue weighted by Gasteiger charge is -2.14. The van der Waals surface area contributed by atoms with E-state index in [0.29, 0.717) is 31.5 Å². The molecule has 29 heavy (non-hydrogen) atoms. The lowest BCUT2D eigenvalue weighted by Crippen LogP contribution is -2.36. The number of aliphatic imine (C=N–C) groups is 1. The van der Waals surface area contributed by atoms with Gasteiger partial charge in [-0.25, -0.2) is 4.98 Å². The first kappa shape index (κ1) is 20.2. The Bertz CT molecular complexity index is 929. The van der Waals surface area contributed by atoms with Crippen LogP contribution in [0.2, 0.25) is 0 Å². The Morgan fingerprint density at radius 3 is 2.48 bits per heavy atom. The predicted molar refractivity (Wildman–Crippen MR) is 115 cm³/mol. The maximum Gasteiger partial charge on any atom is 0.213 e. The van der Waals surface area contributed by atoms with Gasteiger partial charge in [0.05, 0.1) is 7.11 Å². The van der Waals surface area contributed by atoms with Gasteiger partial charge in [0, 0.05) is 38.0 Å². The van der Waals surface area contributed by atoms with E-state index in [1.807, 2.05) is 66.7 Å². The van der Waals surface area contributed by atoms with Gasteiger partial charge in [-0.3, -0.25) is 4.99 Å². The van der Waals surface area contributed by atoms with Crippen LogP contribution in [0.5, 0.6) is 11.6 Å². The van der Waals surface area contributed by atoms with E-state index in [4.69, 9.17) is 9.47 Å². The van der Waals surface area contributed by atoms with Gasteiger partial charge in [-0.2, -0.15) is 0 Å². The molecule has 3 rings (SSSR count). The van der Waals surface area contributed by atoms with Crippen LogP contribution in [0.25, 0.3) is 0 Å². The number of rotatable bonds is 8. The number of hydrogen-bond donors (Lipinski definition) is 2. The van der Waals surface area contributed by atoms with Crippen molar-refractivity contribution in [3.8, 4) is 11.6 Å². The molecule has 0 amide bonds. The topological polar surface area (TPSA) is 67.8 Å². The smallest absolute Gasteiger partial charge is 0.213 e. The van der Waals surface area contributed by atoms with E-state index >= 15 is 0 Å². The Labute approximate surface area is 171 Å². The molecule has 2 aromatic carbocycles.